The zero-order chi connectivity index (χ0) is 16.0. The predicted octanol–water partition coefficient (Wildman–Crippen LogP) is 3.36. The molecular formula is C20H29ClN2O. The van der Waals surface area contributed by atoms with Gasteiger partial charge in [0, 0.05) is 24.5 Å². The van der Waals surface area contributed by atoms with Gasteiger partial charge in [-0.25, -0.2) is 0 Å². The lowest BCUT2D eigenvalue weighted by Gasteiger charge is -2.43. The number of likely N-dealkylation sites (tertiary alicyclic amines) is 1. The summed E-state index contributed by atoms with van der Waals surface area (Å²) in [5.74, 6) is 1.57. The molecule has 1 aromatic rings. The molecular weight excluding hydrogens is 320 g/mol. The van der Waals surface area contributed by atoms with E-state index in [1.54, 1.807) is 0 Å². The van der Waals surface area contributed by atoms with E-state index in [1.807, 2.05) is 0 Å². The number of hydrogen-bond acceptors (Lipinski definition) is 2. The van der Waals surface area contributed by atoms with Gasteiger partial charge in [-0.15, -0.1) is 12.4 Å². The van der Waals surface area contributed by atoms with Crippen LogP contribution in [0.4, 0.5) is 0 Å². The first-order valence-corrected chi connectivity index (χ1v) is 9.18. The zero-order valence-electron chi connectivity index (χ0n) is 14.5. The minimum atomic E-state index is 0. The molecule has 1 aromatic carbocycles. The number of halogens is 1. The number of hydrogen-bond donors (Lipinski definition) is 1. The van der Waals surface area contributed by atoms with Crippen molar-refractivity contribution < 1.29 is 4.79 Å². The number of benzene rings is 1. The predicted molar refractivity (Wildman–Crippen MR) is 99.2 cm³/mol. The molecule has 2 bridgehead atoms. The summed E-state index contributed by atoms with van der Waals surface area (Å²) < 4.78 is 0. The third-order valence-electron chi connectivity index (χ3n) is 6.74. The molecule has 3 aliphatic rings. The second-order valence-corrected chi connectivity index (χ2v) is 8.23. The van der Waals surface area contributed by atoms with Crippen LogP contribution in [0.2, 0.25) is 0 Å². The van der Waals surface area contributed by atoms with Gasteiger partial charge in [0.15, 0.2) is 0 Å². The van der Waals surface area contributed by atoms with Crippen molar-refractivity contribution in [1.29, 1.82) is 0 Å². The van der Waals surface area contributed by atoms with Crippen molar-refractivity contribution in [3.8, 4) is 0 Å². The molecule has 3 nitrogen and oxygen atoms in total. The Morgan fingerprint density at radius 3 is 2.58 bits per heavy atom. The second-order valence-electron chi connectivity index (χ2n) is 8.23. The standard InChI is InChI=1S/C20H28N2O.ClH/c1-20(16-6-3-2-4-7-16)10-5-11-22(13-20)19(23)17-14-8-9-15(12-14)18(17)21;/h2-4,6-7,14-15,17-18H,5,8-13,21H2,1H3;1H. The Morgan fingerprint density at radius 1 is 1.21 bits per heavy atom. The molecule has 0 spiro atoms. The molecule has 1 amide bonds. The fourth-order valence-electron chi connectivity index (χ4n) is 5.42. The van der Waals surface area contributed by atoms with E-state index in [2.05, 4.69) is 42.2 Å². The van der Waals surface area contributed by atoms with Crippen molar-refractivity contribution in [2.75, 3.05) is 13.1 Å². The van der Waals surface area contributed by atoms with Crippen LogP contribution in [0, 0.1) is 17.8 Å². The molecule has 1 saturated heterocycles. The van der Waals surface area contributed by atoms with E-state index in [9.17, 15) is 4.79 Å². The highest BCUT2D eigenvalue weighted by Gasteiger charge is 2.51. The number of carbonyl (C=O) groups is 1. The normalized spacial score (nSPS) is 38.0. The van der Waals surface area contributed by atoms with Gasteiger partial charge in [-0.1, -0.05) is 37.3 Å². The molecule has 132 valence electrons. The quantitative estimate of drug-likeness (QED) is 0.890. The zero-order valence-corrected chi connectivity index (χ0v) is 15.3. The van der Waals surface area contributed by atoms with Crippen LogP contribution in [0.3, 0.4) is 0 Å². The summed E-state index contributed by atoms with van der Waals surface area (Å²) in [6.07, 6.45) is 5.87. The largest absolute Gasteiger partial charge is 0.342 e. The van der Waals surface area contributed by atoms with Gasteiger partial charge in [0.2, 0.25) is 5.91 Å². The first-order chi connectivity index (χ1) is 11.1. The van der Waals surface area contributed by atoms with Crippen molar-refractivity contribution in [3.05, 3.63) is 35.9 Å². The molecule has 24 heavy (non-hydrogen) atoms. The summed E-state index contributed by atoms with van der Waals surface area (Å²) in [5.41, 5.74) is 7.84. The summed E-state index contributed by atoms with van der Waals surface area (Å²) in [5, 5.41) is 0. The Hall–Kier alpha value is -1.06. The van der Waals surface area contributed by atoms with Crippen LogP contribution >= 0.6 is 12.4 Å². The van der Waals surface area contributed by atoms with Gasteiger partial charge in [-0.2, -0.15) is 0 Å². The fraction of sp³-hybridized carbons (Fsp3) is 0.650. The lowest BCUT2D eigenvalue weighted by Crippen LogP contribution is -2.53. The lowest BCUT2D eigenvalue weighted by atomic mass is 9.75. The maximum atomic E-state index is 13.2. The van der Waals surface area contributed by atoms with Crippen molar-refractivity contribution in [1.82, 2.24) is 4.90 Å². The minimum absolute atomic E-state index is 0. The van der Waals surface area contributed by atoms with Crippen LogP contribution in [0.25, 0.3) is 0 Å². The number of nitrogens with two attached hydrogens (primary N) is 1. The Bertz CT molecular complexity index is 591. The number of carbonyl (C=O) groups excluding carboxylic acids is 1. The van der Waals surface area contributed by atoms with Gasteiger partial charge in [0.05, 0.1) is 5.92 Å². The van der Waals surface area contributed by atoms with Gasteiger partial charge < -0.3 is 10.6 Å². The molecule has 1 aliphatic heterocycles. The monoisotopic (exact) mass is 348 g/mol. The molecule has 3 fully saturated rings. The molecule has 5 atom stereocenters. The average molecular weight is 349 g/mol. The van der Waals surface area contributed by atoms with Gasteiger partial charge in [0.1, 0.15) is 0 Å². The maximum Gasteiger partial charge on any atom is 0.227 e. The van der Waals surface area contributed by atoms with E-state index in [-0.39, 0.29) is 29.8 Å². The topological polar surface area (TPSA) is 46.3 Å². The highest BCUT2D eigenvalue weighted by molar-refractivity contribution is 5.85. The first kappa shape index (κ1) is 17.8. The van der Waals surface area contributed by atoms with E-state index in [1.165, 1.54) is 24.8 Å². The van der Waals surface area contributed by atoms with E-state index < -0.39 is 0 Å². The molecule has 2 aliphatic carbocycles. The molecule has 1 heterocycles. The number of fused-ring (bicyclic) bond motifs is 2. The molecule has 4 heteroatoms. The van der Waals surface area contributed by atoms with E-state index >= 15 is 0 Å². The van der Waals surface area contributed by atoms with Crippen LogP contribution < -0.4 is 5.73 Å². The Labute approximate surface area is 151 Å². The molecule has 2 saturated carbocycles. The molecule has 4 rings (SSSR count). The minimum Gasteiger partial charge on any atom is -0.342 e. The van der Waals surface area contributed by atoms with Crippen LogP contribution in [0.1, 0.15) is 44.6 Å². The van der Waals surface area contributed by atoms with Gasteiger partial charge in [-0.3, -0.25) is 4.79 Å². The summed E-state index contributed by atoms with van der Waals surface area (Å²) >= 11 is 0. The smallest absolute Gasteiger partial charge is 0.227 e. The van der Waals surface area contributed by atoms with E-state index in [0.29, 0.717) is 17.7 Å². The average Bonchev–Trinajstić information content (AvgIpc) is 3.16. The van der Waals surface area contributed by atoms with Crippen molar-refractivity contribution in [2.24, 2.45) is 23.5 Å². The summed E-state index contributed by atoms with van der Waals surface area (Å²) in [4.78, 5) is 15.3. The summed E-state index contributed by atoms with van der Waals surface area (Å²) in [6.45, 7) is 4.06. The molecule has 5 unspecified atom stereocenters. The summed E-state index contributed by atoms with van der Waals surface area (Å²) in [7, 11) is 0. The number of piperidine rings is 1. The fourth-order valence-corrected chi connectivity index (χ4v) is 5.42. The van der Waals surface area contributed by atoms with Crippen LogP contribution in [-0.4, -0.2) is 29.9 Å². The third-order valence-corrected chi connectivity index (χ3v) is 6.74. The Morgan fingerprint density at radius 2 is 1.92 bits per heavy atom. The number of rotatable bonds is 2. The maximum absolute atomic E-state index is 13.2. The number of nitrogens with zero attached hydrogens (tertiary/aromatic N) is 1. The molecule has 0 aromatic heterocycles. The summed E-state index contributed by atoms with van der Waals surface area (Å²) in [6, 6.07) is 10.8. The van der Waals surface area contributed by atoms with E-state index in [0.717, 1.165) is 25.9 Å². The van der Waals surface area contributed by atoms with Crippen LogP contribution in [-0.2, 0) is 10.2 Å². The van der Waals surface area contributed by atoms with Crippen molar-refractivity contribution in [3.63, 3.8) is 0 Å². The van der Waals surface area contributed by atoms with Crippen molar-refractivity contribution >= 4 is 18.3 Å². The molecule has 0 radical (unpaired) electrons. The second kappa shape index (κ2) is 6.68. The van der Waals surface area contributed by atoms with Gasteiger partial charge in [0.25, 0.3) is 0 Å². The molecule has 2 N–H and O–H groups in total. The Balaban J connectivity index is 0.00000169. The van der Waals surface area contributed by atoms with Gasteiger partial charge in [-0.05, 0) is 49.5 Å². The highest BCUT2D eigenvalue weighted by atomic mass is 35.5. The highest BCUT2D eigenvalue weighted by Crippen LogP contribution is 2.48. The third kappa shape index (κ3) is 2.86. The number of amides is 1. The van der Waals surface area contributed by atoms with Gasteiger partial charge >= 0.3 is 0 Å². The Kier molecular flexibility index (Phi) is 4.94. The van der Waals surface area contributed by atoms with E-state index in [4.69, 9.17) is 5.73 Å². The lowest BCUT2D eigenvalue weighted by molar-refractivity contribution is -0.140. The van der Waals surface area contributed by atoms with Crippen LogP contribution in [0.15, 0.2) is 30.3 Å². The SMILES string of the molecule is CC1(c2ccccc2)CCCN(C(=O)C2C3CCC(C3)C2N)C1.Cl. The van der Waals surface area contributed by atoms with Crippen LogP contribution in [0.5, 0.6) is 0 Å². The first-order valence-electron chi connectivity index (χ1n) is 9.18. The van der Waals surface area contributed by atoms with Crippen molar-refractivity contribution in [2.45, 2.75) is 50.5 Å².